The van der Waals surface area contributed by atoms with E-state index in [2.05, 4.69) is 21.2 Å². The third-order valence-corrected chi connectivity index (χ3v) is 6.34. The molecule has 0 aliphatic heterocycles. The average Bonchev–Trinajstić information content (AvgIpc) is 2.58. The quantitative estimate of drug-likeness (QED) is 0.553. The molecule has 0 heterocycles. The van der Waals surface area contributed by atoms with Crippen LogP contribution in [0.4, 0.5) is 0 Å². The van der Waals surface area contributed by atoms with Crippen molar-refractivity contribution in [2.75, 3.05) is 13.2 Å². The first kappa shape index (κ1) is 19.4. The Bertz CT molecular complexity index is 654. The standard InChI is InChI=1S/C18H23BrNO3P/c1-3-22-24(21,23-4-2)18(16-10-12-17(19)13-11-16)20-14-15-8-6-5-7-9-15/h5-13,18,20H,3-4,14H2,1-2H3/t18-/m0/s1. The maximum absolute atomic E-state index is 13.3. The van der Waals surface area contributed by atoms with E-state index in [0.29, 0.717) is 19.8 Å². The molecule has 1 N–H and O–H groups in total. The first-order valence-electron chi connectivity index (χ1n) is 8.00. The highest BCUT2D eigenvalue weighted by Crippen LogP contribution is 2.59. The van der Waals surface area contributed by atoms with Crippen LogP contribution in [-0.4, -0.2) is 13.2 Å². The van der Waals surface area contributed by atoms with E-state index in [-0.39, 0.29) is 0 Å². The van der Waals surface area contributed by atoms with E-state index in [1.807, 2.05) is 68.4 Å². The van der Waals surface area contributed by atoms with Crippen molar-refractivity contribution in [1.29, 1.82) is 0 Å². The summed E-state index contributed by atoms with van der Waals surface area (Å²) in [7, 11) is -3.33. The minimum Gasteiger partial charge on any atom is -0.308 e. The van der Waals surface area contributed by atoms with Gasteiger partial charge in [0.15, 0.2) is 0 Å². The number of nitrogens with one attached hydrogen (secondary N) is 1. The van der Waals surface area contributed by atoms with Gasteiger partial charge in [-0.2, -0.15) is 0 Å². The maximum atomic E-state index is 13.3. The fourth-order valence-corrected chi connectivity index (χ4v) is 4.62. The van der Waals surface area contributed by atoms with E-state index in [9.17, 15) is 4.57 Å². The lowest BCUT2D eigenvalue weighted by Gasteiger charge is -2.27. The Kier molecular flexibility index (Phi) is 7.66. The average molecular weight is 412 g/mol. The summed E-state index contributed by atoms with van der Waals surface area (Å²) in [5, 5.41) is 3.35. The largest absolute Gasteiger partial charge is 0.351 e. The van der Waals surface area contributed by atoms with Crippen LogP contribution in [0.25, 0.3) is 0 Å². The molecule has 2 rings (SSSR count). The van der Waals surface area contributed by atoms with Gasteiger partial charge in [0.25, 0.3) is 0 Å². The molecule has 2 aromatic rings. The molecule has 4 nitrogen and oxygen atoms in total. The van der Waals surface area contributed by atoms with Crippen molar-refractivity contribution in [1.82, 2.24) is 5.32 Å². The van der Waals surface area contributed by atoms with Crippen LogP contribution in [0.1, 0.15) is 30.8 Å². The van der Waals surface area contributed by atoms with Crippen LogP contribution < -0.4 is 5.32 Å². The van der Waals surface area contributed by atoms with Crippen molar-refractivity contribution in [3.63, 3.8) is 0 Å². The second-order valence-corrected chi connectivity index (χ2v) is 8.22. The van der Waals surface area contributed by atoms with Gasteiger partial charge in [-0.25, -0.2) is 0 Å². The van der Waals surface area contributed by atoms with Crippen LogP contribution in [0.2, 0.25) is 0 Å². The zero-order valence-electron chi connectivity index (χ0n) is 13.9. The van der Waals surface area contributed by atoms with Crippen molar-refractivity contribution in [3.8, 4) is 0 Å². The van der Waals surface area contributed by atoms with Gasteiger partial charge in [-0.3, -0.25) is 9.88 Å². The Morgan fingerprint density at radius 1 is 1.00 bits per heavy atom. The molecule has 1 atom stereocenters. The highest BCUT2D eigenvalue weighted by atomic mass is 79.9. The van der Waals surface area contributed by atoms with Gasteiger partial charge in [-0.1, -0.05) is 58.4 Å². The molecule has 0 saturated heterocycles. The van der Waals surface area contributed by atoms with Gasteiger partial charge in [-0.05, 0) is 37.1 Å². The molecule has 0 amide bonds. The SMILES string of the molecule is CCOP(=O)(OCC)[C@H](NCc1ccccc1)c1ccc(Br)cc1. The van der Waals surface area contributed by atoms with Crippen molar-refractivity contribution in [2.45, 2.75) is 26.2 Å². The summed E-state index contributed by atoms with van der Waals surface area (Å²) in [5.74, 6) is -0.522. The predicted octanol–water partition coefficient (Wildman–Crippen LogP) is 5.50. The summed E-state index contributed by atoms with van der Waals surface area (Å²) < 4.78 is 25.4. The van der Waals surface area contributed by atoms with Gasteiger partial charge in [0.2, 0.25) is 0 Å². The van der Waals surface area contributed by atoms with E-state index in [0.717, 1.165) is 15.6 Å². The first-order valence-corrected chi connectivity index (χ1v) is 10.4. The maximum Gasteiger partial charge on any atom is 0.351 e. The van der Waals surface area contributed by atoms with E-state index in [4.69, 9.17) is 9.05 Å². The summed E-state index contributed by atoms with van der Waals surface area (Å²) in [5.41, 5.74) is 1.98. The molecule has 0 aromatic heterocycles. The molecule has 0 aliphatic carbocycles. The Labute approximate surface area is 152 Å². The summed E-state index contributed by atoms with van der Waals surface area (Å²) in [6, 6.07) is 17.7. The van der Waals surface area contributed by atoms with Crippen LogP contribution in [0.15, 0.2) is 59.1 Å². The van der Waals surface area contributed by atoms with E-state index >= 15 is 0 Å². The van der Waals surface area contributed by atoms with Gasteiger partial charge in [0.1, 0.15) is 5.78 Å². The molecule has 0 unspecified atom stereocenters. The Morgan fingerprint density at radius 3 is 2.12 bits per heavy atom. The third kappa shape index (κ3) is 5.27. The Morgan fingerprint density at radius 2 is 1.58 bits per heavy atom. The molecule has 0 bridgehead atoms. The molecule has 130 valence electrons. The van der Waals surface area contributed by atoms with Crippen molar-refractivity contribution >= 4 is 23.5 Å². The van der Waals surface area contributed by atoms with E-state index in [1.54, 1.807) is 0 Å². The van der Waals surface area contributed by atoms with Crippen LogP contribution in [-0.2, 0) is 20.2 Å². The van der Waals surface area contributed by atoms with Gasteiger partial charge in [-0.15, -0.1) is 0 Å². The highest BCUT2D eigenvalue weighted by molar-refractivity contribution is 9.10. The second kappa shape index (κ2) is 9.50. The summed E-state index contributed by atoms with van der Waals surface area (Å²) in [6.07, 6.45) is 0. The molecular formula is C18H23BrNO3P. The lowest BCUT2D eigenvalue weighted by atomic mass is 10.2. The number of rotatable bonds is 9. The van der Waals surface area contributed by atoms with E-state index in [1.165, 1.54) is 0 Å². The number of hydrogen-bond donors (Lipinski definition) is 1. The number of hydrogen-bond acceptors (Lipinski definition) is 4. The molecule has 0 aliphatic rings. The van der Waals surface area contributed by atoms with Crippen molar-refractivity contribution in [3.05, 3.63) is 70.2 Å². The Hall–Kier alpha value is -0.970. The molecule has 24 heavy (non-hydrogen) atoms. The summed E-state index contributed by atoms with van der Waals surface area (Å²) in [4.78, 5) is 0. The smallest absolute Gasteiger partial charge is 0.308 e. The van der Waals surface area contributed by atoms with Crippen LogP contribution in [0, 0.1) is 0 Å². The van der Waals surface area contributed by atoms with Gasteiger partial charge in [0.05, 0.1) is 13.2 Å². The zero-order valence-corrected chi connectivity index (χ0v) is 16.4. The minimum absolute atomic E-state index is 0.331. The molecule has 6 heteroatoms. The van der Waals surface area contributed by atoms with Crippen LogP contribution in [0.3, 0.4) is 0 Å². The van der Waals surface area contributed by atoms with Crippen molar-refractivity contribution < 1.29 is 13.6 Å². The molecule has 0 fully saturated rings. The van der Waals surface area contributed by atoms with E-state index < -0.39 is 13.4 Å². The topological polar surface area (TPSA) is 47.6 Å². The Balaban J connectivity index is 2.29. The molecule has 0 spiro atoms. The first-order chi connectivity index (χ1) is 11.6. The lowest BCUT2D eigenvalue weighted by molar-refractivity contribution is 0.207. The number of benzene rings is 2. The van der Waals surface area contributed by atoms with Gasteiger partial charge >= 0.3 is 7.60 Å². The monoisotopic (exact) mass is 411 g/mol. The van der Waals surface area contributed by atoms with Gasteiger partial charge in [0, 0.05) is 11.0 Å². The molecule has 2 aromatic carbocycles. The van der Waals surface area contributed by atoms with Crippen LogP contribution in [0.5, 0.6) is 0 Å². The van der Waals surface area contributed by atoms with Gasteiger partial charge < -0.3 is 9.05 Å². The molecule has 0 radical (unpaired) electrons. The highest BCUT2D eigenvalue weighted by Gasteiger charge is 2.36. The second-order valence-electron chi connectivity index (χ2n) is 5.20. The summed E-state index contributed by atoms with van der Waals surface area (Å²) >= 11 is 3.43. The molecular weight excluding hydrogens is 389 g/mol. The third-order valence-electron chi connectivity index (χ3n) is 3.46. The zero-order chi connectivity index (χ0) is 17.4. The minimum atomic E-state index is -3.33. The van der Waals surface area contributed by atoms with Crippen LogP contribution >= 0.6 is 23.5 Å². The normalized spacial score (nSPS) is 13.0. The summed E-state index contributed by atoms with van der Waals surface area (Å²) in [6.45, 7) is 4.88. The predicted molar refractivity (Wildman–Crippen MR) is 101 cm³/mol. The molecule has 0 saturated carbocycles. The lowest BCUT2D eigenvalue weighted by Crippen LogP contribution is -2.23. The fourth-order valence-electron chi connectivity index (χ4n) is 2.41. The number of halogens is 1. The van der Waals surface area contributed by atoms with Crippen molar-refractivity contribution in [2.24, 2.45) is 0 Å². The fraction of sp³-hybridized carbons (Fsp3) is 0.333.